The predicted octanol–water partition coefficient (Wildman–Crippen LogP) is -0.822. The van der Waals surface area contributed by atoms with Gasteiger partial charge < -0.3 is 25.0 Å². The number of carbonyl (C=O) groups is 3. The molecule has 0 aromatic heterocycles. The Bertz CT molecular complexity index is 428. The molecule has 2 fully saturated rings. The number of urea groups is 1. The normalized spacial score (nSPS) is 26.3. The molecule has 2 heterocycles. The van der Waals surface area contributed by atoms with E-state index in [9.17, 15) is 14.4 Å². The molecule has 0 spiro atoms. The lowest BCUT2D eigenvalue weighted by Crippen LogP contribution is -2.56. The van der Waals surface area contributed by atoms with Gasteiger partial charge in [0.25, 0.3) is 0 Å². The molecule has 2 atom stereocenters. The van der Waals surface area contributed by atoms with Gasteiger partial charge in [0.1, 0.15) is 0 Å². The number of likely N-dealkylation sites (tertiary alicyclic amines) is 1. The number of hydrogen-bond acceptors (Lipinski definition) is 5. The molecular formula is C13H21N3O5. The third-order valence-corrected chi connectivity index (χ3v) is 3.97. The number of carbonyl (C=O) groups excluding carboxylic acids is 3. The number of amides is 3. The van der Waals surface area contributed by atoms with Crippen molar-refractivity contribution in [1.82, 2.24) is 9.80 Å². The molecule has 2 aliphatic heterocycles. The number of hydrogen-bond donors (Lipinski definition) is 1. The second-order valence-electron chi connectivity index (χ2n) is 5.27. The Hall–Kier alpha value is -1.83. The Morgan fingerprint density at radius 1 is 1.29 bits per heavy atom. The summed E-state index contributed by atoms with van der Waals surface area (Å²) in [7, 11) is 1.29. The Morgan fingerprint density at radius 2 is 2.05 bits per heavy atom. The molecule has 8 heteroatoms. The molecule has 2 saturated heterocycles. The highest BCUT2D eigenvalue weighted by molar-refractivity contribution is 5.86. The maximum absolute atomic E-state index is 12.6. The first-order valence-electron chi connectivity index (χ1n) is 7.05. The Balaban J connectivity index is 2.06. The molecule has 0 aliphatic carbocycles. The summed E-state index contributed by atoms with van der Waals surface area (Å²) in [6.07, 6.45) is 1.42. The van der Waals surface area contributed by atoms with Gasteiger partial charge in [-0.3, -0.25) is 4.79 Å². The predicted molar refractivity (Wildman–Crippen MR) is 72.2 cm³/mol. The van der Waals surface area contributed by atoms with Crippen molar-refractivity contribution in [2.24, 2.45) is 11.7 Å². The average molecular weight is 299 g/mol. The Labute approximate surface area is 123 Å². The molecule has 0 bridgehead atoms. The van der Waals surface area contributed by atoms with E-state index in [0.717, 1.165) is 6.42 Å². The molecule has 2 aliphatic rings. The summed E-state index contributed by atoms with van der Waals surface area (Å²) in [6, 6.07) is -1.22. The lowest BCUT2D eigenvalue weighted by molar-refractivity contribution is -0.163. The van der Waals surface area contributed by atoms with E-state index in [0.29, 0.717) is 32.7 Å². The van der Waals surface area contributed by atoms with Crippen LogP contribution in [0.1, 0.15) is 12.8 Å². The molecule has 21 heavy (non-hydrogen) atoms. The summed E-state index contributed by atoms with van der Waals surface area (Å²) < 4.78 is 9.97. The number of piperidine rings is 1. The van der Waals surface area contributed by atoms with Crippen molar-refractivity contribution in [2.45, 2.75) is 18.9 Å². The van der Waals surface area contributed by atoms with Crippen molar-refractivity contribution in [3.63, 3.8) is 0 Å². The first-order chi connectivity index (χ1) is 10.0. The number of esters is 1. The van der Waals surface area contributed by atoms with E-state index < -0.39 is 18.0 Å². The maximum Gasteiger partial charge on any atom is 0.331 e. The van der Waals surface area contributed by atoms with E-state index in [1.54, 1.807) is 0 Å². The smallest absolute Gasteiger partial charge is 0.331 e. The van der Waals surface area contributed by atoms with E-state index in [-0.39, 0.29) is 18.4 Å². The minimum Gasteiger partial charge on any atom is -0.467 e. The van der Waals surface area contributed by atoms with Gasteiger partial charge in [-0.25, -0.2) is 9.59 Å². The molecule has 0 radical (unpaired) electrons. The average Bonchev–Trinajstić information content (AvgIpc) is 2.53. The van der Waals surface area contributed by atoms with Gasteiger partial charge in [-0.05, 0) is 12.8 Å². The Kier molecular flexibility index (Phi) is 5.00. The summed E-state index contributed by atoms with van der Waals surface area (Å²) in [5.74, 6) is -0.943. The van der Waals surface area contributed by atoms with Crippen LogP contribution in [0.3, 0.4) is 0 Å². The van der Waals surface area contributed by atoms with Crippen LogP contribution in [0.2, 0.25) is 0 Å². The number of primary amides is 1. The first kappa shape index (κ1) is 15.6. The van der Waals surface area contributed by atoms with E-state index >= 15 is 0 Å². The summed E-state index contributed by atoms with van der Waals surface area (Å²) >= 11 is 0. The summed E-state index contributed by atoms with van der Waals surface area (Å²) in [6.45, 7) is 1.77. The van der Waals surface area contributed by atoms with Crippen molar-refractivity contribution in [1.29, 1.82) is 0 Å². The van der Waals surface area contributed by atoms with Crippen LogP contribution in [0.15, 0.2) is 0 Å². The topological polar surface area (TPSA) is 102 Å². The van der Waals surface area contributed by atoms with Gasteiger partial charge >= 0.3 is 12.0 Å². The fraction of sp³-hybridized carbons (Fsp3) is 0.769. The van der Waals surface area contributed by atoms with Crippen molar-refractivity contribution >= 4 is 17.9 Å². The lowest BCUT2D eigenvalue weighted by atomic mass is 9.96. The van der Waals surface area contributed by atoms with Crippen LogP contribution in [-0.4, -0.2) is 73.7 Å². The number of nitrogens with zero attached hydrogens (tertiary/aromatic N) is 2. The molecule has 2 N–H and O–H groups in total. The largest absolute Gasteiger partial charge is 0.467 e. The molecule has 8 nitrogen and oxygen atoms in total. The van der Waals surface area contributed by atoms with E-state index in [1.165, 1.54) is 16.9 Å². The number of nitrogens with two attached hydrogens (primary N) is 1. The van der Waals surface area contributed by atoms with Gasteiger partial charge in [0.05, 0.1) is 26.2 Å². The summed E-state index contributed by atoms with van der Waals surface area (Å²) in [4.78, 5) is 38.6. The fourth-order valence-corrected chi connectivity index (χ4v) is 2.81. The van der Waals surface area contributed by atoms with Crippen molar-refractivity contribution in [3.05, 3.63) is 0 Å². The molecule has 3 amide bonds. The minimum atomic E-state index is -0.708. The highest BCUT2D eigenvalue weighted by Gasteiger charge is 2.38. The molecular weight excluding hydrogens is 278 g/mol. The van der Waals surface area contributed by atoms with Gasteiger partial charge in [0.15, 0.2) is 6.04 Å². The van der Waals surface area contributed by atoms with Crippen LogP contribution in [0.25, 0.3) is 0 Å². The van der Waals surface area contributed by atoms with Crippen LogP contribution < -0.4 is 5.73 Å². The molecule has 2 rings (SSSR count). The number of ether oxygens (including phenoxy) is 2. The second-order valence-corrected chi connectivity index (χ2v) is 5.27. The van der Waals surface area contributed by atoms with Gasteiger partial charge in [-0.2, -0.15) is 0 Å². The zero-order chi connectivity index (χ0) is 15.4. The summed E-state index contributed by atoms with van der Waals surface area (Å²) in [5, 5.41) is 0. The third-order valence-electron chi connectivity index (χ3n) is 3.97. The molecule has 0 saturated carbocycles. The van der Waals surface area contributed by atoms with Crippen LogP contribution >= 0.6 is 0 Å². The zero-order valence-electron chi connectivity index (χ0n) is 12.1. The van der Waals surface area contributed by atoms with Crippen molar-refractivity contribution in [2.75, 3.05) is 40.0 Å². The van der Waals surface area contributed by atoms with E-state index in [4.69, 9.17) is 15.2 Å². The standard InChI is InChI=1S/C13H21N3O5/c1-20-12(18)10-8-21-6-5-16(10)11(17)9-3-2-4-15(7-9)13(14)19/h9-10H,2-8H2,1H3,(H2,14,19). The minimum absolute atomic E-state index is 0.139. The number of rotatable bonds is 2. The van der Waals surface area contributed by atoms with Crippen molar-refractivity contribution < 1.29 is 23.9 Å². The van der Waals surface area contributed by atoms with E-state index in [2.05, 4.69) is 0 Å². The van der Waals surface area contributed by atoms with Crippen LogP contribution in [-0.2, 0) is 19.1 Å². The SMILES string of the molecule is COC(=O)C1COCCN1C(=O)C1CCCN(C(N)=O)C1. The zero-order valence-corrected chi connectivity index (χ0v) is 12.1. The monoisotopic (exact) mass is 299 g/mol. The quantitative estimate of drug-likeness (QED) is 0.671. The molecule has 0 aromatic carbocycles. The van der Waals surface area contributed by atoms with Gasteiger partial charge in [0.2, 0.25) is 5.91 Å². The molecule has 0 aromatic rings. The highest BCUT2D eigenvalue weighted by Crippen LogP contribution is 2.21. The van der Waals surface area contributed by atoms with Crippen molar-refractivity contribution in [3.8, 4) is 0 Å². The van der Waals surface area contributed by atoms with E-state index in [1.807, 2.05) is 0 Å². The molecule has 118 valence electrons. The first-order valence-corrected chi connectivity index (χ1v) is 7.05. The molecule has 2 unspecified atom stereocenters. The number of methoxy groups -OCH3 is 1. The second kappa shape index (κ2) is 6.75. The Morgan fingerprint density at radius 3 is 2.71 bits per heavy atom. The van der Waals surface area contributed by atoms with Crippen LogP contribution in [0, 0.1) is 5.92 Å². The fourth-order valence-electron chi connectivity index (χ4n) is 2.81. The maximum atomic E-state index is 12.6. The highest BCUT2D eigenvalue weighted by atomic mass is 16.5. The van der Waals surface area contributed by atoms with Crippen LogP contribution in [0.5, 0.6) is 0 Å². The lowest BCUT2D eigenvalue weighted by Gasteiger charge is -2.38. The van der Waals surface area contributed by atoms with Gasteiger partial charge in [-0.1, -0.05) is 0 Å². The van der Waals surface area contributed by atoms with Gasteiger partial charge in [0, 0.05) is 19.6 Å². The summed E-state index contributed by atoms with van der Waals surface area (Å²) in [5.41, 5.74) is 5.27. The van der Waals surface area contributed by atoms with Gasteiger partial charge in [-0.15, -0.1) is 0 Å². The van der Waals surface area contributed by atoms with Crippen LogP contribution in [0.4, 0.5) is 4.79 Å². The third kappa shape index (κ3) is 3.44. The number of morpholine rings is 1.